The molecule has 1 unspecified atom stereocenters. The molecule has 0 bridgehead atoms. The number of phenolic OH excluding ortho intramolecular Hbond substituents is 1. The van der Waals surface area contributed by atoms with E-state index >= 15 is 0 Å². The molecule has 3 aromatic rings. The van der Waals surface area contributed by atoms with E-state index in [9.17, 15) is 14.7 Å². The summed E-state index contributed by atoms with van der Waals surface area (Å²) in [6.45, 7) is 4.41. The van der Waals surface area contributed by atoms with Crippen LogP contribution in [0.5, 0.6) is 5.75 Å². The van der Waals surface area contributed by atoms with Crippen LogP contribution in [0.4, 0.5) is 0 Å². The lowest BCUT2D eigenvalue weighted by Gasteiger charge is -2.13. The second kappa shape index (κ2) is 11.6. The van der Waals surface area contributed by atoms with Crippen LogP contribution in [-0.4, -0.2) is 48.3 Å². The molecule has 7 nitrogen and oxygen atoms in total. The number of nitrogens with one attached hydrogen (secondary N) is 3. The van der Waals surface area contributed by atoms with Crippen molar-refractivity contribution in [3.05, 3.63) is 63.3 Å². The quantitative estimate of drug-likeness (QED) is 0.322. The van der Waals surface area contributed by atoms with Gasteiger partial charge in [-0.3, -0.25) is 9.59 Å². The topological polar surface area (TPSA) is 103 Å². The van der Waals surface area contributed by atoms with Gasteiger partial charge in [0.15, 0.2) is 0 Å². The first kappa shape index (κ1) is 23.0. The molecule has 1 amide bonds. The molecule has 0 spiro atoms. The van der Waals surface area contributed by atoms with E-state index < -0.39 is 0 Å². The van der Waals surface area contributed by atoms with Gasteiger partial charge in [0.25, 0.3) is 0 Å². The van der Waals surface area contributed by atoms with Gasteiger partial charge in [0.2, 0.25) is 5.91 Å². The zero-order chi connectivity index (χ0) is 22.1. The fourth-order valence-corrected chi connectivity index (χ4v) is 4.22. The summed E-state index contributed by atoms with van der Waals surface area (Å²) in [6, 6.07) is 13.6. The SMILES string of the molecule is CC(CC(=O)NCCNCCc1ccc(O)c2[nH]c(=O)sc12)OCCc1ccccc1. The van der Waals surface area contributed by atoms with Gasteiger partial charge in [0.1, 0.15) is 11.3 Å². The molecular formula is C23H29N3O4S. The number of fused-ring (bicyclic) bond motifs is 1. The van der Waals surface area contributed by atoms with Crippen molar-refractivity contribution in [1.29, 1.82) is 0 Å². The number of aromatic nitrogens is 1. The van der Waals surface area contributed by atoms with Crippen molar-refractivity contribution in [2.24, 2.45) is 0 Å². The van der Waals surface area contributed by atoms with Crippen LogP contribution in [-0.2, 0) is 22.4 Å². The summed E-state index contributed by atoms with van der Waals surface area (Å²) in [5, 5.41) is 16.0. The van der Waals surface area contributed by atoms with Crippen LogP contribution in [0.15, 0.2) is 47.3 Å². The zero-order valence-corrected chi connectivity index (χ0v) is 18.5. The number of hydrogen-bond acceptors (Lipinski definition) is 6. The summed E-state index contributed by atoms with van der Waals surface area (Å²) in [5.41, 5.74) is 2.73. The van der Waals surface area contributed by atoms with E-state index in [0.717, 1.165) is 34.4 Å². The highest BCUT2D eigenvalue weighted by atomic mass is 32.1. The summed E-state index contributed by atoms with van der Waals surface area (Å²) in [7, 11) is 0. The monoisotopic (exact) mass is 443 g/mol. The standard InChI is InChI=1S/C23H29N3O4S/c1-16(30-14-10-17-5-3-2-4-6-17)15-20(28)25-13-12-24-11-9-18-7-8-19(27)21-22(18)31-23(29)26-21/h2-8,16,24,27H,9-15H2,1H3,(H,25,28)(H,26,29). The summed E-state index contributed by atoms with van der Waals surface area (Å²) < 4.78 is 6.53. The summed E-state index contributed by atoms with van der Waals surface area (Å²) in [4.78, 5) is 26.1. The van der Waals surface area contributed by atoms with Crippen LogP contribution in [0.25, 0.3) is 10.2 Å². The average Bonchev–Trinajstić information content (AvgIpc) is 3.15. The van der Waals surface area contributed by atoms with E-state index in [1.54, 1.807) is 6.07 Å². The second-order valence-corrected chi connectivity index (χ2v) is 8.42. The molecule has 0 radical (unpaired) electrons. The van der Waals surface area contributed by atoms with E-state index in [1.807, 2.05) is 31.2 Å². The normalized spacial score (nSPS) is 12.2. The maximum Gasteiger partial charge on any atom is 0.305 e. The first-order chi connectivity index (χ1) is 15.0. The first-order valence-electron chi connectivity index (χ1n) is 10.5. The molecule has 0 aliphatic heterocycles. The highest BCUT2D eigenvalue weighted by Gasteiger charge is 2.10. The van der Waals surface area contributed by atoms with Gasteiger partial charge in [-0.25, -0.2) is 0 Å². The third-order valence-corrected chi connectivity index (χ3v) is 5.90. The van der Waals surface area contributed by atoms with Crippen LogP contribution < -0.4 is 15.5 Å². The van der Waals surface area contributed by atoms with E-state index in [-0.39, 0.29) is 22.6 Å². The Balaban J connectivity index is 1.27. The van der Waals surface area contributed by atoms with Crippen molar-refractivity contribution in [3.8, 4) is 5.75 Å². The summed E-state index contributed by atoms with van der Waals surface area (Å²) in [6.07, 6.45) is 1.78. The third-order valence-electron chi connectivity index (χ3n) is 4.94. The van der Waals surface area contributed by atoms with Gasteiger partial charge in [-0.1, -0.05) is 47.7 Å². The summed E-state index contributed by atoms with van der Waals surface area (Å²) in [5.74, 6) is 0.0670. The molecule has 0 aliphatic carbocycles. The van der Waals surface area contributed by atoms with Crippen LogP contribution in [0.1, 0.15) is 24.5 Å². The van der Waals surface area contributed by atoms with Crippen molar-refractivity contribution in [2.75, 3.05) is 26.2 Å². The van der Waals surface area contributed by atoms with Crippen LogP contribution in [0.3, 0.4) is 0 Å². The largest absolute Gasteiger partial charge is 0.506 e. The molecular weight excluding hydrogens is 414 g/mol. The minimum atomic E-state index is -0.174. The van der Waals surface area contributed by atoms with Crippen molar-refractivity contribution >= 4 is 27.5 Å². The zero-order valence-electron chi connectivity index (χ0n) is 17.6. The highest BCUT2D eigenvalue weighted by molar-refractivity contribution is 7.16. The van der Waals surface area contributed by atoms with Gasteiger partial charge in [0, 0.05) is 13.1 Å². The predicted octanol–water partition coefficient (Wildman–Crippen LogP) is 2.58. The number of amides is 1. The summed E-state index contributed by atoms with van der Waals surface area (Å²) >= 11 is 1.11. The Hall–Kier alpha value is -2.68. The maximum atomic E-state index is 12.0. The Morgan fingerprint density at radius 2 is 1.94 bits per heavy atom. The number of H-pyrrole nitrogens is 1. The van der Waals surface area contributed by atoms with E-state index in [2.05, 4.69) is 27.8 Å². The van der Waals surface area contributed by atoms with Gasteiger partial charge in [-0.05, 0) is 43.5 Å². The van der Waals surface area contributed by atoms with Gasteiger partial charge in [0.05, 0.1) is 23.8 Å². The van der Waals surface area contributed by atoms with Crippen molar-refractivity contribution in [2.45, 2.75) is 32.3 Å². The van der Waals surface area contributed by atoms with Gasteiger partial charge < -0.3 is 25.5 Å². The fraction of sp³-hybridized carbons (Fsp3) is 0.391. The molecule has 166 valence electrons. The predicted molar refractivity (Wildman–Crippen MR) is 124 cm³/mol. The van der Waals surface area contributed by atoms with E-state index in [1.165, 1.54) is 5.56 Å². The van der Waals surface area contributed by atoms with Crippen molar-refractivity contribution in [3.63, 3.8) is 0 Å². The van der Waals surface area contributed by atoms with E-state index in [0.29, 0.717) is 38.2 Å². The molecule has 1 heterocycles. The number of phenols is 1. The van der Waals surface area contributed by atoms with Crippen molar-refractivity contribution < 1.29 is 14.6 Å². The highest BCUT2D eigenvalue weighted by Crippen LogP contribution is 2.27. The smallest absolute Gasteiger partial charge is 0.305 e. The minimum Gasteiger partial charge on any atom is -0.506 e. The maximum absolute atomic E-state index is 12.0. The molecule has 3 rings (SSSR count). The van der Waals surface area contributed by atoms with Gasteiger partial charge in [-0.15, -0.1) is 0 Å². The second-order valence-electron chi connectivity index (χ2n) is 7.43. The number of hydrogen-bond donors (Lipinski definition) is 4. The molecule has 0 fully saturated rings. The van der Waals surface area contributed by atoms with Gasteiger partial charge >= 0.3 is 4.87 Å². The Kier molecular flexibility index (Phi) is 8.63. The first-order valence-corrected chi connectivity index (χ1v) is 11.3. The molecule has 4 N–H and O–H groups in total. The van der Waals surface area contributed by atoms with Crippen LogP contribution in [0.2, 0.25) is 0 Å². The number of ether oxygens (including phenoxy) is 1. The van der Waals surface area contributed by atoms with Crippen LogP contribution in [0, 0.1) is 0 Å². The number of carbonyl (C=O) groups is 1. The number of aromatic hydroxyl groups is 1. The van der Waals surface area contributed by atoms with Crippen LogP contribution >= 0.6 is 11.3 Å². The Labute approximate surface area is 185 Å². The molecule has 31 heavy (non-hydrogen) atoms. The number of aromatic amines is 1. The third kappa shape index (κ3) is 7.20. The minimum absolute atomic E-state index is 0.0219. The Morgan fingerprint density at radius 1 is 1.13 bits per heavy atom. The molecule has 0 aliphatic rings. The Morgan fingerprint density at radius 3 is 2.74 bits per heavy atom. The van der Waals surface area contributed by atoms with Crippen molar-refractivity contribution in [1.82, 2.24) is 15.6 Å². The lowest BCUT2D eigenvalue weighted by Crippen LogP contribution is -2.34. The lowest BCUT2D eigenvalue weighted by molar-refractivity contribution is -0.123. The number of thiazole rings is 1. The molecule has 0 saturated heterocycles. The Bertz CT molecular complexity index is 1030. The average molecular weight is 444 g/mol. The molecule has 0 saturated carbocycles. The van der Waals surface area contributed by atoms with Gasteiger partial charge in [-0.2, -0.15) is 0 Å². The molecule has 2 aromatic carbocycles. The lowest BCUT2D eigenvalue weighted by atomic mass is 10.1. The number of rotatable bonds is 12. The number of carbonyl (C=O) groups excluding carboxylic acids is 1. The fourth-order valence-electron chi connectivity index (χ4n) is 3.32. The molecule has 1 aromatic heterocycles. The molecule has 1 atom stereocenters. The van der Waals surface area contributed by atoms with E-state index in [4.69, 9.17) is 4.74 Å². The number of benzene rings is 2. The molecule has 8 heteroatoms.